The summed E-state index contributed by atoms with van der Waals surface area (Å²) in [5.74, 6) is 0. The summed E-state index contributed by atoms with van der Waals surface area (Å²) in [5, 5.41) is 6.85. The molecule has 1 unspecified atom stereocenters. The number of nitrogens with one attached hydrogen (secondary N) is 2. The van der Waals surface area contributed by atoms with Crippen LogP contribution >= 0.6 is 0 Å². The normalized spacial score (nSPS) is 27.8. The molecule has 2 nitrogen and oxygen atoms in total. The largest absolute Gasteiger partial charge is 0.387 e. The first-order chi connectivity index (χ1) is 5.44. The Morgan fingerprint density at radius 1 is 1.58 bits per heavy atom. The zero-order valence-corrected chi connectivity index (χ0v) is 8.57. The molecule has 1 heterocycles. The number of hydrogen-bond acceptors (Lipinski definition) is 2. The van der Waals surface area contributed by atoms with Gasteiger partial charge < -0.3 is 10.6 Å². The molecule has 1 fully saturated rings. The lowest BCUT2D eigenvalue weighted by molar-refractivity contribution is 0.322. The smallest absolute Gasteiger partial charge is 0.0348 e. The van der Waals surface area contributed by atoms with Crippen LogP contribution in [-0.2, 0) is 0 Å². The molecule has 1 aliphatic heterocycles. The second-order valence-corrected chi connectivity index (χ2v) is 4.46. The molecule has 2 heteroatoms. The van der Waals surface area contributed by atoms with Gasteiger partial charge in [0.1, 0.15) is 0 Å². The molecule has 0 radical (unpaired) electrons. The van der Waals surface area contributed by atoms with Crippen molar-refractivity contribution in [2.75, 3.05) is 6.54 Å². The van der Waals surface area contributed by atoms with E-state index in [4.69, 9.17) is 0 Å². The predicted octanol–water partition coefficient (Wildman–Crippen LogP) is 1.50. The Balaban J connectivity index is 2.62. The lowest BCUT2D eigenvalue weighted by atomic mass is 9.85. The highest BCUT2D eigenvalue weighted by molar-refractivity contribution is 5.16. The number of hydrogen-bond donors (Lipinski definition) is 2. The molecule has 0 aromatic carbocycles. The fourth-order valence-corrected chi connectivity index (χ4v) is 1.59. The van der Waals surface area contributed by atoms with Gasteiger partial charge in [-0.05, 0) is 0 Å². The van der Waals surface area contributed by atoms with Gasteiger partial charge in [-0.3, -0.25) is 0 Å². The molecule has 2 N–H and O–H groups in total. The zero-order valence-electron chi connectivity index (χ0n) is 8.57. The van der Waals surface area contributed by atoms with Crippen molar-refractivity contribution >= 4 is 0 Å². The van der Waals surface area contributed by atoms with Crippen LogP contribution in [0.1, 0.15) is 27.7 Å². The van der Waals surface area contributed by atoms with Gasteiger partial charge in [0.15, 0.2) is 0 Å². The Morgan fingerprint density at radius 3 is 2.50 bits per heavy atom. The fourth-order valence-electron chi connectivity index (χ4n) is 1.59. The van der Waals surface area contributed by atoms with Crippen molar-refractivity contribution in [1.29, 1.82) is 0 Å². The molecule has 0 saturated carbocycles. The quantitative estimate of drug-likeness (QED) is 0.653. The molecule has 0 aliphatic carbocycles. The van der Waals surface area contributed by atoms with Crippen LogP contribution in [0.25, 0.3) is 0 Å². The second kappa shape index (κ2) is 3.09. The van der Waals surface area contributed by atoms with Gasteiger partial charge >= 0.3 is 0 Å². The minimum Gasteiger partial charge on any atom is -0.387 e. The third-order valence-electron chi connectivity index (χ3n) is 2.70. The topological polar surface area (TPSA) is 24.1 Å². The monoisotopic (exact) mass is 168 g/mol. The van der Waals surface area contributed by atoms with Crippen LogP contribution in [0.2, 0.25) is 0 Å². The first kappa shape index (κ1) is 9.59. The van der Waals surface area contributed by atoms with E-state index in [1.807, 2.05) is 0 Å². The van der Waals surface area contributed by atoms with Crippen molar-refractivity contribution in [1.82, 2.24) is 10.6 Å². The second-order valence-electron chi connectivity index (χ2n) is 4.46. The van der Waals surface area contributed by atoms with E-state index in [1.54, 1.807) is 0 Å². The minimum atomic E-state index is 0.185. The highest BCUT2D eigenvalue weighted by atomic mass is 15.1. The molecule has 1 rings (SSSR count). The maximum Gasteiger partial charge on any atom is 0.0348 e. The molecular formula is C10H20N2. The van der Waals surface area contributed by atoms with Crippen LogP contribution in [0.3, 0.4) is 0 Å². The average molecular weight is 168 g/mol. The van der Waals surface area contributed by atoms with E-state index >= 15 is 0 Å². The molecule has 1 aliphatic rings. The van der Waals surface area contributed by atoms with Crippen molar-refractivity contribution in [2.24, 2.45) is 5.41 Å². The molecule has 0 aromatic rings. The molecule has 70 valence electrons. The van der Waals surface area contributed by atoms with E-state index < -0.39 is 0 Å². The van der Waals surface area contributed by atoms with Crippen molar-refractivity contribution in [3.8, 4) is 0 Å². The minimum absolute atomic E-state index is 0.185. The van der Waals surface area contributed by atoms with E-state index in [0.717, 1.165) is 12.2 Å². The third kappa shape index (κ3) is 1.63. The molecule has 12 heavy (non-hydrogen) atoms. The van der Waals surface area contributed by atoms with Gasteiger partial charge in [-0.1, -0.05) is 34.3 Å². The first-order valence-corrected chi connectivity index (χ1v) is 4.64. The zero-order chi connectivity index (χ0) is 9.35. The Bertz CT molecular complexity index is 182. The molecule has 0 aromatic heterocycles. The molecule has 0 amide bonds. The summed E-state index contributed by atoms with van der Waals surface area (Å²) in [6, 6.07) is 1.06. The lowest BCUT2D eigenvalue weighted by Crippen LogP contribution is -2.43. The van der Waals surface area contributed by atoms with Crippen LogP contribution in [0, 0.1) is 5.41 Å². The van der Waals surface area contributed by atoms with E-state index in [2.05, 4.69) is 44.9 Å². The summed E-state index contributed by atoms with van der Waals surface area (Å²) in [4.78, 5) is 0. The first-order valence-electron chi connectivity index (χ1n) is 4.64. The van der Waals surface area contributed by atoms with Crippen LogP contribution in [0.15, 0.2) is 12.3 Å². The van der Waals surface area contributed by atoms with Crippen LogP contribution in [-0.4, -0.2) is 18.6 Å². The van der Waals surface area contributed by atoms with Gasteiger partial charge in [0, 0.05) is 29.7 Å². The van der Waals surface area contributed by atoms with Crippen molar-refractivity contribution < 1.29 is 0 Å². The van der Waals surface area contributed by atoms with E-state index in [1.165, 1.54) is 0 Å². The summed E-state index contributed by atoms with van der Waals surface area (Å²) in [6.45, 7) is 13.8. The Hall–Kier alpha value is -0.500. The summed E-state index contributed by atoms with van der Waals surface area (Å²) in [6.07, 6.45) is 0. The summed E-state index contributed by atoms with van der Waals surface area (Å²) < 4.78 is 0. The van der Waals surface area contributed by atoms with Gasteiger partial charge in [0.2, 0.25) is 0 Å². The van der Waals surface area contributed by atoms with Gasteiger partial charge in [-0.25, -0.2) is 0 Å². The maximum absolute atomic E-state index is 4.01. The SMILES string of the molecule is C=C1NCC(NC(C)C)C1(C)C. The van der Waals surface area contributed by atoms with Crippen LogP contribution < -0.4 is 10.6 Å². The number of rotatable bonds is 2. The Labute approximate surface area is 75.4 Å². The van der Waals surface area contributed by atoms with Crippen LogP contribution in [0.4, 0.5) is 0 Å². The van der Waals surface area contributed by atoms with Crippen molar-refractivity contribution in [3.05, 3.63) is 12.3 Å². The maximum atomic E-state index is 4.01. The summed E-state index contributed by atoms with van der Waals surface area (Å²) in [7, 11) is 0. The molecule has 0 spiro atoms. The Morgan fingerprint density at radius 2 is 2.17 bits per heavy atom. The molecular weight excluding hydrogens is 148 g/mol. The van der Waals surface area contributed by atoms with Gasteiger partial charge in [-0.15, -0.1) is 0 Å². The molecule has 1 saturated heterocycles. The summed E-state index contributed by atoms with van der Waals surface area (Å²) in [5.41, 5.74) is 1.34. The highest BCUT2D eigenvalue weighted by Crippen LogP contribution is 2.32. The van der Waals surface area contributed by atoms with E-state index in [-0.39, 0.29) is 5.41 Å². The van der Waals surface area contributed by atoms with Crippen molar-refractivity contribution in [3.63, 3.8) is 0 Å². The van der Waals surface area contributed by atoms with Gasteiger partial charge in [0.05, 0.1) is 0 Å². The molecule has 0 bridgehead atoms. The fraction of sp³-hybridized carbons (Fsp3) is 0.800. The summed E-state index contributed by atoms with van der Waals surface area (Å²) >= 11 is 0. The predicted molar refractivity (Wildman–Crippen MR) is 53.0 cm³/mol. The third-order valence-corrected chi connectivity index (χ3v) is 2.70. The van der Waals surface area contributed by atoms with Gasteiger partial charge in [-0.2, -0.15) is 0 Å². The standard InChI is InChI=1S/C10H20N2/c1-7(2)12-9-6-11-8(3)10(9,4)5/h7,9,11-12H,3,6H2,1-2,4-5H3. The Kier molecular flexibility index (Phi) is 2.47. The van der Waals surface area contributed by atoms with Gasteiger partial charge in [0.25, 0.3) is 0 Å². The van der Waals surface area contributed by atoms with E-state index in [0.29, 0.717) is 12.1 Å². The van der Waals surface area contributed by atoms with E-state index in [9.17, 15) is 0 Å². The van der Waals surface area contributed by atoms with Crippen molar-refractivity contribution in [2.45, 2.75) is 39.8 Å². The lowest BCUT2D eigenvalue weighted by Gasteiger charge is -2.28. The molecule has 1 atom stereocenters. The van der Waals surface area contributed by atoms with Crippen LogP contribution in [0.5, 0.6) is 0 Å². The average Bonchev–Trinajstić information content (AvgIpc) is 2.15. The highest BCUT2D eigenvalue weighted by Gasteiger charge is 2.37.